The highest BCUT2D eigenvalue weighted by molar-refractivity contribution is 7.99. The Labute approximate surface area is 198 Å². The number of hydrogen-bond donors (Lipinski definition) is 2. The van der Waals surface area contributed by atoms with Crippen LogP contribution in [0, 0.1) is 6.92 Å². The first kappa shape index (κ1) is 24.7. The van der Waals surface area contributed by atoms with Crippen molar-refractivity contribution in [1.29, 1.82) is 0 Å². The first-order valence-corrected chi connectivity index (χ1v) is 12.9. The van der Waals surface area contributed by atoms with Gasteiger partial charge in [0.25, 0.3) is 5.22 Å². The maximum absolute atomic E-state index is 12.3. The zero-order chi connectivity index (χ0) is 24.0. The standard InChI is InChI=1S/C22H27N5O4S2/c1-5-27(6-2)18-11-8-16(9-12-18)21-25-26-22(31-21)32-14-20(28)24-17-10-7-15(3)19(13-17)33(29,30)23-4/h7-13,23H,5-6,14H2,1-4H3,(H,24,28). The molecule has 2 N–H and O–H groups in total. The second-order valence-electron chi connectivity index (χ2n) is 7.12. The summed E-state index contributed by atoms with van der Waals surface area (Å²) in [4.78, 5) is 14.7. The van der Waals surface area contributed by atoms with Crippen molar-refractivity contribution in [1.82, 2.24) is 14.9 Å². The Morgan fingerprint density at radius 1 is 1.09 bits per heavy atom. The maximum atomic E-state index is 12.3. The van der Waals surface area contributed by atoms with E-state index in [2.05, 4.69) is 39.0 Å². The van der Waals surface area contributed by atoms with Gasteiger partial charge in [-0.1, -0.05) is 17.8 Å². The third kappa shape index (κ3) is 6.12. The van der Waals surface area contributed by atoms with Crippen LogP contribution in [0.1, 0.15) is 19.4 Å². The highest BCUT2D eigenvalue weighted by atomic mass is 32.2. The summed E-state index contributed by atoms with van der Waals surface area (Å²) >= 11 is 1.10. The fourth-order valence-electron chi connectivity index (χ4n) is 3.19. The van der Waals surface area contributed by atoms with E-state index in [0.717, 1.165) is 36.1 Å². The Balaban J connectivity index is 1.61. The molecule has 1 aromatic heterocycles. The van der Waals surface area contributed by atoms with Gasteiger partial charge < -0.3 is 14.6 Å². The van der Waals surface area contributed by atoms with E-state index < -0.39 is 10.0 Å². The molecule has 3 aromatic rings. The molecule has 0 radical (unpaired) electrons. The number of hydrogen-bond acceptors (Lipinski definition) is 8. The van der Waals surface area contributed by atoms with Gasteiger partial charge in [0.15, 0.2) is 0 Å². The van der Waals surface area contributed by atoms with Gasteiger partial charge in [-0.05, 0) is 69.8 Å². The number of aromatic nitrogens is 2. The van der Waals surface area contributed by atoms with Crippen LogP contribution >= 0.6 is 11.8 Å². The molecule has 0 unspecified atom stereocenters. The van der Waals surface area contributed by atoms with E-state index in [1.165, 1.54) is 13.1 Å². The first-order chi connectivity index (χ1) is 15.8. The lowest BCUT2D eigenvalue weighted by atomic mass is 10.2. The smallest absolute Gasteiger partial charge is 0.277 e. The lowest BCUT2D eigenvalue weighted by Gasteiger charge is -2.20. The van der Waals surface area contributed by atoms with Crippen molar-refractivity contribution in [3.63, 3.8) is 0 Å². The molecule has 0 aliphatic carbocycles. The normalized spacial score (nSPS) is 11.4. The summed E-state index contributed by atoms with van der Waals surface area (Å²) in [5.41, 5.74) is 2.89. The molecule has 176 valence electrons. The summed E-state index contributed by atoms with van der Waals surface area (Å²) in [5, 5.41) is 11.0. The molecule has 0 bridgehead atoms. The van der Waals surface area contributed by atoms with Gasteiger partial charge in [0, 0.05) is 30.0 Å². The molecule has 33 heavy (non-hydrogen) atoms. The number of carbonyl (C=O) groups excluding carboxylic acids is 1. The van der Waals surface area contributed by atoms with Crippen LogP contribution in [-0.2, 0) is 14.8 Å². The molecule has 0 aliphatic rings. The molecule has 0 fully saturated rings. The minimum Gasteiger partial charge on any atom is -0.411 e. The number of benzene rings is 2. The molecule has 0 spiro atoms. The van der Waals surface area contributed by atoms with Crippen LogP contribution in [0.4, 0.5) is 11.4 Å². The van der Waals surface area contributed by atoms with Gasteiger partial charge in [0.05, 0.1) is 10.6 Å². The number of nitrogens with one attached hydrogen (secondary N) is 2. The average molecular weight is 490 g/mol. The van der Waals surface area contributed by atoms with Crippen LogP contribution < -0.4 is 14.9 Å². The second kappa shape index (κ2) is 10.8. The Bertz CT molecular complexity index is 1210. The quantitative estimate of drug-likeness (QED) is 0.415. The van der Waals surface area contributed by atoms with E-state index in [9.17, 15) is 13.2 Å². The number of amides is 1. The Morgan fingerprint density at radius 2 is 1.79 bits per heavy atom. The summed E-state index contributed by atoms with van der Waals surface area (Å²) in [6.45, 7) is 7.76. The lowest BCUT2D eigenvalue weighted by molar-refractivity contribution is -0.113. The Kier molecular flexibility index (Phi) is 8.11. The minimum absolute atomic E-state index is 0.0323. The molecule has 2 aromatic carbocycles. The number of carbonyl (C=O) groups is 1. The molecule has 9 nitrogen and oxygen atoms in total. The number of aryl methyl sites for hydroxylation is 1. The topological polar surface area (TPSA) is 117 Å². The SMILES string of the molecule is CCN(CC)c1ccc(-c2nnc(SCC(=O)Nc3ccc(C)c(S(=O)(=O)NC)c3)o2)cc1. The van der Waals surface area contributed by atoms with Gasteiger partial charge in [-0.3, -0.25) is 4.79 Å². The Hall–Kier alpha value is -2.89. The van der Waals surface area contributed by atoms with Crippen molar-refractivity contribution in [2.24, 2.45) is 0 Å². The summed E-state index contributed by atoms with van der Waals surface area (Å²) in [6, 6.07) is 12.6. The third-order valence-electron chi connectivity index (χ3n) is 5.01. The molecular formula is C22H27N5O4S2. The molecule has 0 aliphatic heterocycles. The van der Waals surface area contributed by atoms with Crippen LogP contribution in [0.3, 0.4) is 0 Å². The third-order valence-corrected chi connectivity index (χ3v) is 7.38. The average Bonchev–Trinajstić information content (AvgIpc) is 3.29. The first-order valence-electron chi connectivity index (χ1n) is 10.4. The van der Waals surface area contributed by atoms with Crippen LogP contribution in [-0.4, -0.2) is 50.4 Å². The predicted octanol–water partition coefficient (Wildman–Crippen LogP) is 3.53. The van der Waals surface area contributed by atoms with Crippen molar-refractivity contribution in [2.75, 3.05) is 36.1 Å². The van der Waals surface area contributed by atoms with Crippen molar-refractivity contribution in [3.05, 3.63) is 48.0 Å². The predicted molar refractivity (Wildman–Crippen MR) is 130 cm³/mol. The molecule has 0 atom stereocenters. The molecular weight excluding hydrogens is 462 g/mol. The van der Waals surface area contributed by atoms with E-state index in [-0.39, 0.29) is 21.8 Å². The van der Waals surface area contributed by atoms with Crippen LogP contribution in [0.5, 0.6) is 0 Å². The van der Waals surface area contributed by atoms with Crippen molar-refractivity contribution < 1.29 is 17.6 Å². The van der Waals surface area contributed by atoms with E-state index >= 15 is 0 Å². The van der Waals surface area contributed by atoms with Gasteiger partial charge in [0.1, 0.15) is 0 Å². The zero-order valence-electron chi connectivity index (χ0n) is 19.0. The number of rotatable bonds is 10. The van der Waals surface area contributed by atoms with Gasteiger partial charge in [-0.25, -0.2) is 13.1 Å². The number of thioether (sulfide) groups is 1. The molecule has 1 amide bonds. The van der Waals surface area contributed by atoms with Gasteiger partial charge in [0.2, 0.25) is 21.8 Å². The lowest BCUT2D eigenvalue weighted by Crippen LogP contribution is -2.21. The number of anilines is 2. The minimum atomic E-state index is -3.62. The van der Waals surface area contributed by atoms with E-state index in [4.69, 9.17) is 4.42 Å². The second-order valence-corrected chi connectivity index (χ2v) is 9.90. The Morgan fingerprint density at radius 3 is 2.42 bits per heavy atom. The fourth-order valence-corrected chi connectivity index (χ4v) is 4.75. The maximum Gasteiger partial charge on any atom is 0.277 e. The highest BCUT2D eigenvalue weighted by Crippen LogP contribution is 2.26. The van der Waals surface area contributed by atoms with E-state index in [0.29, 0.717) is 17.1 Å². The monoisotopic (exact) mass is 489 g/mol. The van der Waals surface area contributed by atoms with Crippen LogP contribution in [0.25, 0.3) is 11.5 Å². The van der Waals surface area contributed by atoms with Crippen molar-refractivity contribution in [2.45, 2.75) is 30.9 Å². The fraction of sp³-hybridized carbons (Fsp3) is 0.318. The van der Waals surface area contributed by atoms with Crippen molar-refractivity contribution in [3.8, 4) is 11.5 Å². The van der Waals surface area contributed by atoms with E-state index in [1.807, 2.05) is 24.3 Å². The van der Waals surface area contributed by atoms with Crippen LogP contribution in [0.15, 0.2) is 57.0 Å². The molecule has 3 rings (SSSR count). The summed E-state index contributed by atoms with van der Waals surface area (Å²) < 4.78 is 32.2. The van der Waals surface area contributed by atoms with E-state index in [1.54, 1.807) is 19.1 Å². The number of sulfonamides is 1. The molecule has 11 heteroatoms. The molecule has 0 saturated carbocycles. The summed E-state index contributed by atoms with van der Waals surface area (Å²) in [6.07, 6.45) is 0. The molecule has 1 heterocycles. The zero-order valence-corrected chi connectivity index (χ0v) is 20.6. The number of nitrogens with zero attached hydrogens (tertiary/aromatic N) is 3. The summed E-state index contributed by atoms with van der Waals surface area (Å²) in [7, 11) is -2.28. The van der Waals surface area contributed by atoms with Gasteiger partial charge in [-0.2, -0.15) is 0 Å². The highest BCUT2D eigenvalue weighted by Gasteiger charge is 2.16. The molecule has 0 saturated heterocycles. The largest absolute Gasteiger partial charge is 0.411 e. The van der Waals surface area contributed by atoms with Gasteiger partial charge >= 0.3 is 0 Å². The van der Waals surface area contributed by atoms with Crippen molar-refractivity contribution >= 4 is 39.1 Å². The summed E-state index contributed by atoms with van der Waals surface area (Å²) in [5.74, 6) is 0.0919. The van der Waals surface area contributed by atoms with Gasteiger partial charge in [-0.15, -0.1) is 10.2 Å². The van der Waals surface area contributed by atoms with Crippen LogP contribution in [0.2, 0.25) is 0 Å².